The molecule has 0 bridgehead atoms. The molecule has 0 amide bonds. The maximum Gasteiger partial charge on any atom is 0.127 e. The molecular weight excluding hydrogens is 222 g/mol. The highest BCUT2D eigenvalue weighted by molar-refractivity contribution is 5.41. The van der Waals surface area contributed by atoms with Crippen LogP contribution in [0.4, 0.5) is 5.82 Å². The van der Waals surface area contributed by atoms with E-state index in [9.17, 15) is 0 Å². The van der Waals surface area contributed by atoms with Gasteiger partial charge in [0.2, 0.25) is 0 Å². The molecule has 0 saturated heterocycles. The summed E-state index contributed by atoms with van der Waals surface area (Å²) in [5.41, 5.74) is 7.36. The number of nitrogens with two attached hydrogens (primary N) is 1. The number of nitrogen functional groups attached to an aromatic ring is 1. The van der Waals surface area contributed by atoms with Crippen LogP contribution in [0.2, 0.25) is 0 Å². The molecular formula is C15H23N3. The van der Waals surface area contributed by atoms with Crippen molar-refractivity contribution in [3.63, 3.8) is 0 Å². The maximum atomic E-state index is 6.26. The summed E-state index contributed by atoms with van der Waals surface area (Å²) in [6.07, 6.45) is 13.9. The van der Waals surface area contributed by atoms with Gasteiger partial charge >= 0.3 is 0 Å². The summed E-state index contributed by atoms with van der Waals surface area (Å²) in [6.45, 7) is 2.70. The number of hydrogen-bond acceptors (Lipinski definition) is 2. The zero-order valence-corrected chi connectivity index (χ0v) is 11.3. The largest absolute Gasteiger partial charge is 0.384 e. The van der Waals surface area contributed by atoms with Crippen LogP contribution < -0.4 is 5.73 Å². The van der Waals surface area contributed by atoms with Crippen LogP contribution in [0, 0.1) is 12.3 Å². The molecule has 98 valence electrons. The lowest BCUT2D eigenvalue weighted by atomic mass is 9.87. The Kier molecular flexibility index (Phi) is 4.30. The van der Waals surface area contributed by atoms with Crippen molar-refractivity contribution in [3.05, 3.63) is 11.5 Å². The van der Waals surface area contributed by atoms with E-state index in [1.165, 1.54) is 32.1 Å². The van der Waals surface area contributed by atoms with Crippen molar-refractivity contribution < 1.29 is 0 Å². The average molecular weight is 245 g/mol. The Morgan fingerprint density at radius 2 is 2.11 bits per heavy atom. The fraction of sp³-hybridized carbons (Fsp3) is 0.667. The molecule has 2 N–H and O–H groups in total. The number of rotatable bonds is 4. The normalized spacial score (nSPS) is 16.7. The summed E-state index contributed by atoms with van der Waals surface area (Å²) in [7, 11) is 0. The summed E-state index contributed by atoms with van der Waals surface area (Å²) in [6, 6.07) is 0. The fourth-order valence-electron chi connectivity index (χ4n) is 2.89. The number of aryl methyl sites for hydroxylation is 1. The van der Waals surface area contributed by atoms with Crippen LogP contribution in [0.3, 0.4) is 0 Å². The highest BCUT2D eigenvalue weighted by atomic mass is 15.1. The summed E-state index contributed by atoms with van der Waals surface area (Å²) in [5.74, 6) is 5.10. The zero-order valence-electron chi connectivity index (χ0n) is 11.3. The van der Waals surface area contributed by atoms with Crippen molar-refractivity contribution in [2.24, 2.45) is 0 Å². The molecule has 0 aliphatic heterocycles. The van der Waals surface area contributed by atoms with E-state index in [1.54, 1.807) is 0 Å². The van der Waals surface area contributed by atoms with E-state index >= 15 is 0 Å². The maximum absolute atomic E-state index is 6.26. The first-order chi connectivity index (χ1) is 8.77. The van der Waals surface area contributed by atoms with Crippen molar-refractivity contribution in [1.29, 1.82) is 0 Å². The van der Waals surface area contributed by atoms with E-state index in [-0.39, 0.29) is 0 Å². The first-order valence-corrected chi connectivity index (χ1v) is 7.06. The number of nitrogens with zero attached hydrogens (tertiary/aromatic N) is 2. The Labute approximate surface area is 110 Å². The Hall–Kier alpha value is -1.43. The topological polar surface area (TPSA) is 43.8 Å². The molecule has 1 heterocycles. The molecule has 1 fully saturated rings. The average Bonchev–Trinajstić information content (AvgIpc) is 2.70. The molecule has 0 spiro atoms. The number of hydrogen-bond donors (Lipinski definition) is 1. The van der Waals surface area contributed by atoms with E-state index in [4.69, 9.17) is 17.1 Å². The Morgan fingerprint density at radius 1 is 1.39 bits per heavy atom. The van der Waals surface area contributed by atoms with Crippen molar-refractivity contribution in [1.82, 2.24) is 9.55 Å². The quantitative estimate of drug-likeness (QED) is 0.828. The van der Waals surface area contributed by atoms with Crippen LogP contribution >= 0.6 is 0 Å². The van der Waals surface area contributed by atoms with Crippen LogP contribution in [0.1, 0.15) is 62.9 Å². The van der Waals surface area contributed by atoms with Gasteiger partial charge in [-0.05, 0) is 19.3 Å². The van der Waals surface area contributed by atoms with Gasteiger partial charge in [-0.15, -0.1) is 6.42 Å². The fourth-order valence-corrected chi connectivity index (χ4v) is 2.89. The van der Waals surface area contributed by atoms with Gasteiger partial charge in [0.1, 0.15) is 11.6 Å². The predicted octanol–water partition coefficient (Wildman–Crippen LogP) is 3.10. The molecule has 2 rings (SSSR count). The van der Waals surface area contributed by atoms with Crippen LogP contribution in [0.25, 0.3) is 0 Å². The molecule has 3 nitrogen and oxygen atoms in total. The minimum Gasteiger partial charge on any atom is -0.384 e. The minimum absolute atomic E-state index is 0.543. The number of anilines is 1. The molecule has 1 aromatic rings. The predicted molar refractivity (Wildman–Crippen MR) is 75.3 cm³/mol. The lowest BCUT2D eigenvalue weighted by Crippen LogP contribution is -2.09. The van der Waals surface area contributed by atoms with E-state index in [0.29, 0.717) is 12.5 Å². The van der Waals surface area contributed by atoms with Gasteiger partial charge in [0, 0.05) is 12.3 Å². The Morgan fingerprint density at radius 3 is 2.72 bits per heavy atom. The zero-order chi connectivity index (χ0) is 13.0. The summed E-state index contributed by atoms with van der Waals surface area (Å²) < 4.78 is 2.02. The summed E-state index contributed by atoms with van der Waals surface area (Å²) >= 11 is 0. The molecule has 0 aromatic carbocycles. The molecule has 1 aliphatic rings. The van der Waals surface area contributed by atoms with E-state index in [0.717, 1.165) is 30.2 Å². The smallest absolute Gasteiger partial charge is 0.127 e. The van der Waals surface area contributed by atoms with Crippen molar-refractivity contribution >= 4 is 5.82 Å². The molecule has 3 heteroatoms. The van der Waals surface area contributed by atoms with Crippen LogP contribution in [0.5, 0.6) is 0 Å². The highest BCUT2D eigenvalue weighted by Gasteiger charge is 2.23. The first kappa shape index (κ1) is 13.0. The monoisotopic (exact) mass is 245 g/mol. The van der Waals surface area contributed by atoms with Crippen LogP contribution in [-0.2, 0) is 13.0 Å². The Bertz CT molecular complexity index is 433. The van der Waals surface area contributed by atoms with E-state index in [1.807, 2.05) is 4.57 Å². The second-order valence-corrected chi connectivity index (χ2v) is 5.17. The number of aromatic nitrogens is 2. The van der Waals surface area contributed by atoms with Gasteiger partial charge in [0.15, 0.2) is 0 Å². The van der Waals surface area contributed by atoms with Crippen LogP contribution in [-0.4, -0.2) is 9.55 Å². The lowest BCUT2D eigenvalue weighted by molar-refractivity contribution is 0.438. The second kappa shape index (κ2) is 5.95. The van der Waals surface area contributed by atoms with Gasteiger partial charge in [-0.2, -0.15) is 0 Å². The van der Waals surface area contributed by atoms with Gasteiger partial charge in [0.05, 0.1) is 12.2 Å². The van der Waals surface area contributed by atoms with Gasteiger partial charge in [-0.1, -0.05) is 32.1 Å². The molecule has 0 atom stereocenters. The van der Waals surface area contributed by atoms with E-state index < -0.39 is 0 Å². The van der Waals surface area contributed by atoms with Gasteiger partial charge in [-0.25, -0.2) is 4.98 Å². The molecule has 1 aliphatic carbocycles. The van der Waals surface area contributed by atoms with E-state index in [2.05, 4.69) is 12.8 Å². The number of terminal acetylenes is 1. The third-order valence-corrected chi connectivity index (χ3v) is 3.83. The second-order valence-electron chi connectivity index (χ2n) is 5.17. The van der Waals surface area contributed by atoms with Crippen LogP contribution in [0.15, 0.2) is 0 Å². The molecule has 1 aromatic heterocycles. The third kappa shape index (κ3) is 2.53. The molecule has 1 saturated carbocycles. The lowest BCUT2D eigenvalue weighted by Gasteiger charge is -2.20. The Balaban J connectivity index is 2.29. The molecule has 18 heavy (non-hydrogen) atoms. The first-order valence-electron chi connectivity index (χ1n) is 7.06. The standard InChI is InChI=1S/C15H23N3/c1-3-8-13-17-14(12-9-6-5-7-10-12)15(16)18(13)11-4-2/h2,12H,3,5-11,16H2,1H3. The SMILES string of the molecule is C#CCn1c(CCC)nc(C2CCCCC2)c1N. The van der Waals surface area contributed by atoms with Crippen molar-refractivity contribution in [3.8, 4) is 12.3 Å². The van der Waals surface area contributed by atoms with Gasteiger partial charge in [0.25, 0.3) is 0 Å². The highest BCUT2D eigenvalue weighted by Crippen LogP contribution is 2.35. The number of imidazole rings is 1. The van der Waals surface area contributed by atoms with Gasteiger partial charge < -0.3 is 10.3 Å². The third-order valence-electron chi connectivity index (χ3n) is 3.83. The van der Waals surface area contributed by atoms with Crippen molar-refractivity contribution in [2.45, 2.75) is 64.3 Å². The molecule has 0 radical (unpaired) electrons. The molecule has 0 unspecified atom stereocenters. The van der Waals surface area contributed by atoms with Crippen molar-refractivity contribution in [2.75, 3.05) is 5.73 Å². The summed E-state index contributed by atoms with van der Waals surface area (Å²) in [4.78, 5) is 4.78. The van der Waals surface area contributed by atoms with Gasteiger partial charge in [-0.3, -0.25) is 0 Å². The summed E-state index contributed by atoms with van der Waals surface area (Å²) in [5, 5.41) is 0. The minimum atomic E-state index is 0.543.